The first-order valence-corrected chi connectivity index (χ1v) is 15.8. The van der Waals surface area contributed by atoms with Gasteiger partial charge in [-0.1, -0.05) is 72.3 Å². The molecule has 43 heavy (non-hydrogen) atoms. The number of ketones is 1. The molecule has 0 spiro atoms. The third-order valence-electron chi connectivity index (χ3n) is 6.82. The summed E-state index contributed by atoms with van der Waals surface area (Å²) in [5, 5.41) is 20.2. The minimum atomic E-state index is -0.972. The summed E-state index contributed by atoms with van der Waals surface area (Å²) < 4.78 is 12.5. The molecule has 1 unspecified atom stereocenters. The van der Waals surface area contributed by atoms with Gasteiger partial charge in [0.05, 0.1) is 24.8 Å². The number of Topliss-reactive ketones (excluding diaryl/α,β-unsaturated/α-hetero) is 1. The van der Waals surface area contributed by atoms with Crippen molar-refractivity contribution in [2.75, 3.05) is 18.1 Å². The van der Waals surface area contributed by atoms with E-state index in [0.29, 0.717) is 45.9 Å². The van der Waals surface area contributed by atoms with E-state index in [1.165, 1.54) is 46.0 Å². The van der Waals surface area contributed by atoms with Crippen LogP contribution in [0.1, 0.15) is 55.0 Å². The number of carbonyl (C=O) groups is 2. The van der Waals surface area contributed by atoms with Gasteiger partial charge < -0.3 is 14.6 Å². The Morgan fingerprint density at radius 1 is 1.00 bits per heavy atom. The molecule has 1 amide bonds. The number of hydrogen-bond donors (Lipinski definition) is 1. The average Bonchev–Trinajstić information content (AvgIpc) is 3.59. The highest BCUT2D eigenvalue weighted by atomic mass is 32.2. The van der Waals surface area contributed by atoms with Crippen LogP contribution in [-0.4, -0.2) is 45.2 Å². The first-order valence-electron chi connectivity index (χ1n) is 14.0. The van der Waals surface area contributed by atoms with Crippen molar-refractivity contribution >= 4 is 45.7 Å². The number of thioether (sulfide) groups is 1. The van der Waals surface area contributed by atoms with Crippen molar-refractivity contribution in [1.82, 2.24) is 15.2 Å². The molecule has 1 aliphatic heterocycles. The van der Waals surface area contributed by atoms with Gasteiger partial charge in [0, 0.05) is 23.7 Å². The molecule has 1 aliphatic rings. The number of aromatic nitrogens is 3. The number of pyridine rings is 1. The van der Waals surface area contributed by atoms with E-state index in [2.05, 4.69) is 46.4 Å². The Labute approximate surface area is 258 Å². The minimum absolute atomic E-state index is 0.0534. The number of benzene rings is 2. The summed E-state index contributed by atoms with van der Waals surface area (Å²) in [5.74, 6) is -0.185. The van der Waals surface area contributed by atoms with E-state index in [1.54, 1.807) is 30.3 Å². The van der Waals surface area contributed by atoms with E-state index < -0.39 is 17.7 Å². The van der Waals surface area contributed by atoms with Crippen LogP contribution >= 0.6 is 23.1 Å². The molecule has 0 saturated carbocycles. The molecule has 1 atom stereocenters. The molecule has 5 rings (SSSR count). The lowest BCUT2D eigenvalue weighted by Crippen LogP contribution is -2.29. The fraction of sp³-hybridized carbons (Fsp3) is 0.281. The van der Waals surface area contributed by atoms with Crippen molar-refractivity contribution < 1.29 is 24.2 Å². The third kappa shape index (κ3) is 6.73. The summed E-state index contributed by atoms with van der Waals surface area (Å²) in [5.41, 5.74) is 3.19. The van der Waals surface area contributed by atoms with Gasteiger partial charge in [-0.3, -0.25) is 19.5 Å². The molecule has 1 fully saturated rings. The Kier molecular flexibility index (Phi) is 9.73. The molecule has 2 aromatic carbocycles. The Balaban J connectivity index is 1.55. The van der Waals surface area contributed by atoms with Crippen molar-refractivity contribution in [2.45, 2.75) is 49.7 Å². The van der Waals surface area contributed by atoms with E-state index in [4.69, 9.17) is 9.47 Å². The van der Waals surface area contributed by atoms with E-state index >= 15 is 0 Å². The topological polar surface area (TPSA) is 115 Å². The fourth-order valence-corrected chi connectivity index (χ4v) is 6.43. The normalized spacial score (nSPS) is 16.1. The summed E-state index contributed by atoms with van der Waals surface area (Å²) in [4.78, 5) is 32.5. The number of carbonyl (C=O) groups excluding carboxylic acids is 2. The van der Waals surface area contributed by atoms with E-state index in [1.807, 2.05) is 13.8 Å². The predicted octanol–water partition coefficient (Wildman–Crippen LogP) is 6.74. The standard InChI is InChI=1S/C32H32N4O5S2/c1-4-6-17-41-24-12-11-23(18-25(24)40-5-2)27-26(28(37)22-13-15-33-16-14-22)29(38)30(39)36(27)31-34-35-32(43-31)42-19-21-9-7-20(3)8-10-21/h7-16,18,27,37H,4-6,17,19H2,1-3H3. The van der Waals surface area contributed by atoms with Gasteiger partial charge in [0.25, 0.3) is 5.78 Å². The zero-order valence-electron chi connectivity index (χ0n) is 24.1. The van der Waals surface area contributed by atoms with Gasteiger partial charge in [-0.15, -0.1) is 10.2 Å². The summed E-state index contributed by atoms with van der Waals surface area (Å²) in [6, 6.07) is 15.7. The number of aryl methyl sites for hydroxylation is 1. The monoisotopic (exact) mass is 616 g/mol. The first kappa shape index (κ1) is 30.2. The lowest BCUT2D eigenvalue weighted by Gasteiger charge is -2.23. The van der Waals surface area contributed by atoms with Crippen LogP contribution in [0.2, 0.25) is 0 Å². The molecule has 3 heterocycles. The first-order chi connectivity index (χ1) is 20.9. The molecule has 4 aromatic rings. The molecule has 9 nitrogen and oxygen atoms in total. The van der Waals surface area contributed by atoms with Crippen LogP contribution in [0.4, 0.5) is 5.13 Å². The van der Waals surface area contributed by atoms with Crippen molar-refractivity contribution in [2.24, 2.45) is 0 Å². The van der Waals surface area contributed by atoms with Crippen molar-refractivity contribution in [3.63, 3.8) is 0 Å². The van der Waals surface area contributed by atoms with Crippen LogP contribution in [0, 0.1) is 6.92 Å². The van der Waals surface area contributed by atoms with Crippen LogP contribution in [0.5, 0.6) is 11.5 Å². The number of amides is 1. The van der Waals surface area contributed by atoms with Crippen LogP contribution in [0.3, 0.4) is 0 Å². The van der Waals surface area contributed by atoms with Crippen molar-refractivity contribution in [1.29, 1.82) is 0 Å². The number of unbranched alkanes of at least 4 members (excludes halogenated alkanes) is 1. The highest BCUT2D eigenvalue weighted by molar-refractivity contribution is 8.00. The zero-order chi connectivity index (χ0) is 30.3. The Morgan fingerprint density at radius 2 is 1.77 bits per heavy atom. The van der Waals surface area contributed by atoms with E-state index in [9.17, 15) is 14.7 Å². The lowest BCUT2D eigenvalue weighted by atomic mass is 9.95. The van der Waals surface area contributed by atoms with Gasteiger partial charge in [-0.05, 0) is 55.7 Å². The number of ether oxygens (including phenoxy) is 2. The largest absolute Gasteiger partial charge is 0.507 e. The average molecular weight is 617 g/mol. The predicted molar refractivity (Wildman–Crippen MR) is 168 cm³/mol. The van der Waals surface area contributed by atoms with Gasteiger partial charge >= 0.3 is 5.91 Å². The summed E-state index contributed by atoms with van der Waals surface area (Å²) in [6.45, 7) is 6.92. The molecule has 1 N–H and O–H groups in total. The molecule has 0 aliphatic carbocycles. The fourth-order valence-electron chi connectivity index (χ4n) is 4.61. The number of aliphatic hydroxyl groups excluding tert-OH is 1. The lowest BCUT2D eigenvalue weighted by molar-refractivity contribution is -0.132. The van der Waals surface area contributed by atoms with Crippen molar-refractivity contribution in [3.05, 3.63) is 94.8 Å². The quantitative estimate of drug-likeness (QED) is 0.0462. The molecule has 2 aromatic heterocycles. The van der Waals surface area contributed by atoms with Gasteiger partial charge in [0.1, 0.15) is 5.76 Å². The zero-order valence-corrected chi connectivity index (χ0v) is 25.8. The number of nitrogens with zero attached hydrogens (tertiary/aromatic N) is 4. The van der Waals surface area contributed by atoms with Gasteiger partial charge in [0.2, 0.25) is 5.13 Å². The maximum Gasteiger partial charge on any atom is 0.301 e. The van der Waals surface area contributed by atoms with Crippen molar-refractivity contribution in [3.8, 4) is 11.5 Å². The molecule has 0 bridgehead atoms. The maximum atomic E-state index is 13.6. The number of anilines is 1. The highest BCUT2D eigenvalue weighted by Gasteiger charge is 2.48. The minimum Gasteiger partial charge on any atom is -0.507 e. The van der Waals surface area contributed by atoms with Crippen LogP contribution < -0.4 is 14.4 Å². The summed E-state index contributed by atoms with van der Waals surface area (Å²) in [6.07, 6.45) is 4.90. The number of hydrogen-bond acceptors (Lipinski definition) is 10. The van der Waals surface area contributed by atoms with Crippen LogP contribution in [0.25, 0.3) is 5.76 Å². The third-order valence-corrected chi connectivity index (χ3v) is 8.95. The number of aliphatic hydroxyl groups is 1. The Hall–Kier alpha value is -4.22. The van der Waals surface area contributed by atoms with Gasteiger partial charge in [-0.2, -0.15) is 0 Å². The second-order valence-corrected chi connectivity index (χ2v) is 12.0. The molecule has 222 valence electrons. The SMILES string of the molecule is CCCCOc1ccc(C2C(=C(O)c3ccncc3)C(=O)C(=O)N2c2nnc(SCc3ccc(C)cc3)s2)cc1OCC. The highest BCUT2D eigenvalue weighted by Crippen LogP contribution is 2.45. The smallest absolute Gasteiger partial charge is 0.301 e. The van der Waals surface area contributed by atoms with E-state index in [-0.39, 0.29) is 16.5 Å². The van der Waals surface area contributed by atoms with Gasteiger partial charge in [0.15, 0.2) is 15.8 Å². The van der Waals surface area contributed by atoms with Crippen LogP contribution in [0.15, 0.2) is 76.9 Å². The second-order valence-electron chi connectivity index (χ2n) is 9.87. The second kappa shape index (κ2) is 13.8. The molecule has 0 radical (unpaired) electrons. The molecule has 1 saturated heterocycles. The Morgan fingerprint density at radius 3 is 2.49 bits per heavy atom. The van der Waals surface area contributed by atoms with Gasteiger partial charge in [-0.25, -0.2) is 0 Å². The van der Waals surface area contributed by atoms with Crippen LogP contribution in [-0.2, 0) is 15.3 Å². The summed E-state index contributed by atoms with van der Waals surface area (Å²) in [7, 11) is 0. The number of rotatable bonds is 12. The Bertz CT molecular complexity index is 1620. The molecule has 11 heteroatoms. The summed E-state index contributed by atoms with van der Waals surface area (Å²) >= 11 is 2.72. The molecular weight excluding hydrogens is 585 g/mol. The van der Waals surface area contributed by atoms with E-state index in [0.717, 1.165) is 18.4 Å². The maximum absolute atomic E-state index is 13.6. The molecular formula is C32H32N4O5S2.